The molecule has 0 spiro atoms. The van der Waals surface area contributed by atoms with E-state index in [9.17, 15) is 4.79 Å². The van der Waals surface area contributed by atoms with E-state index in [0.717, 1.165) is 43.6 Å². The summed E-state index contributed by atoms with van der Waals surface area (Å²) in [6.07, 6.45) is 7.06. The molecule has 4 rings (SSSR count). The summed E-state index contributed by atoms with van der Waals surface area (Å²) in [4.78, 5) is 17.9. The zero-order chi connectivity index (χ0) is 19.7. The second kappa shape index (κ2) is 7.39. The fraction of sp³-hybridized carbons (Fsp3) is 0.476. The molecule has 1 aromatic carbocycles. The molecule has 0 atom stereocenters. The Labute approximate surface area is 164 Å². The zero-order valence-corrected chi connectivity index (χ0v) is 16.6. The van der Waals surface area contributed by atoms with Crippen molar-refractivity contribution < 1.29 is 4.79 Å². The Hall–Kier alpha value is -2.67. The van der Waals surface area contributed by atoms with Crippen molar-refractivity contribution in [1.82, 2.24) is 24.9 Å². The number of hydrogen-bond acceptors (Lipinski definition) is 4. The predicted molar refractivity (Wildman–Crippen MR) is 109 cm³/mol. The second-order valence-electron chi connectivity index (χ2n) is 8.28. The van der Waals surface area contributed by atoms with Crippen LogP contribution in [0.1, 0.15) is 50.4 Å². The molecule has 0 unspecified atom stereocenters. The van der Waals surface area contributed by atoms with E-state index in [0.29, 0.717) is 6.42 Å². The van der Waals surface area contributed by atoms with Gasteiger partial charge < -0.3 is 15.6 Å². The molecule has 1 aliphatic rings. The van der Waals surface area contributed by atoms with Crippen LogP contribution in [0.2, 0.25) is 0 Å². The number of piperidine rings is 1. The maximum absolute atomic E-state index is 12.7. The smallest absolute Gasteiger partial charge is 0.222 e. The SMILES string of the molecule is CC(C)(N)c1cn(C2CCN(C(=O)CCc3c[nH]c4ccccc34)CC2)nn1. The van der Waals surface area contributed by atoms with Gasteiger partial charge in [0.15, 0.2) is 0 Å². The lowest BCUT2D eigenvalue weighted by molar-refractivity contribution is -0.132. The highest BCUT2D eigenvalue weighted by molar-refractivity contribution is 5.84. The maximum atomic E-state index is 12.7. The van der Waals surface area contributed by atoms with Crippen LogP contribution in [0.5, 0.6) is 0 Å². The number of nitrogens with two attached hydrogens (primary N) is 1. The second-order valence-corrected chi connectivity index (χ2v) is 8.28. The summed E-state index contributed by atoms with van der Waals surface area (Å²) in [5.74, 6) is 0.228. The van der Waals surface area contributed by atoms with E-state index >= 15 is 0 Å². The molecule has 1 amide bonds. The van der Waals surface area contributed by atoms with Crippen molar-refractivity contribution in [3.05, 3.63) is 47.9 Å². The van der Waals surface area contributed by atoms with Gasteiger partial charge in [-0.05, 0) is 44.7 Å². The molecule has 1 saturated heterocycles. The van der Waals surface area contributed by atoms with Gasteiger partial charge in [-0.25, -0.2) is 4.68 Å². The molecule has 7 heteroatoms. The monoisotopic (exact) mass is 380 g/mol. The third-order valence-corrected chi connectivity index (χ3v) is 5.64. The largest absolute Gasteiger partial charge is 0.361 e. The van der Waals surface area contributed by atoms with Gasteiger partial charge in [0.1, 0.15) is 5.69 Å². The van der Waals surface area contributed by atoms with Gasteiger partial charge in [0.25, 0.3) is 0 Å². The fourth-order valence-electron chi connectivity index (χ4n) is 3.87. The molecule has 3 aromatic rings. The van der Waals surface area contributed by atoms with E-state index in [1.165, 1.54) is 10.9 Å². The quantitative estimate of drug-likeness (QED) is 0.712. The van der Waals surface area contributed by atoms with Gasteiger partial charge in [-0.15, -0.1) is 5.10 Å². The number of aryl methyl sites for hydroxylation is 1. The normalized spacial score (nSPS) is 16.0. The van der Waals surface area contributed by atoms with Crippen LogP contribution >= 0.6 is 0 Å². The number of H-pyrrole nitrogens is 1. The van der Waals surface area contributed by atoms with Crippen molar-refractivity contribution in [2.45, 2.75) is 51.1 Å². The first-order chi connectivity index (χ1) is 13.4. The first-order valence-corrected chi connectivity index (χ1v) is 9.96. The van der Waals surface area contributed by atoms with Crippen LogP contribution in [-0.2, 0) is 16.8 Å². The molecular weight excluding hydrogens is 352 g/mol. The molecule has 2 aromatic heterocycles. The number of hydrogen-bond donors (Lipinski definition) is 2. The Morgan fingerprint density at radius 3 is 2.75 bits per heavy atom. The van der Waals surface area contributed by atoms with Gasteiger partial charge in [-0.3, -0.25) is 4.79 Å². The van der Waals surface area contributed by atoms with Gasteiger partial charge in [0.2, 0.25) is 5.91 Å². The molecule has 28 heavy (non-hydrogen) atoms. The van der Waals surface area contributed by atoms with Crippen molar-refractivity contribution in [3.63, 3.8) is 0 Å². The van der Waals surface area contributed by atoms with Gasteiger partial charge in [0.05, 0.1) is 17.8 Å². The zero-order valence-electron chi connectivity index (χ0n) is 16.6. The Morgan fingerprint density at radius 2 is 2.04 bits per heavy atom. The molecule has 1 aliphatic heterocycles. The van der Waals surface area contributed by atoms with Gasteiger partial charge in [-0.2, -0.15) is 0 Å². The van der Waals surface area contributed by atoms with Crippen molar-refractivity contribution in [3.8, 4) is 0 Å². The minimum atomic E-state index is -0.489. The number of fused-ring (bicyclic) bond motifs is 1. The van der Waals surface area contributed by atoms with Crippen LogP contribution in [0.4, 0.5) is 0 Å². The summed E-state index contributed by atoms with van der Waals surface area (Å²) in [7, 11) is 0. The van der Waals surface area contributed by atoms with Crippen molar-refractivity contribution in [2.24, 2.45) is 5.73 Å². The van der Waals surface area contributed by atoms with Crippen LogP contribution in [0, 0.1) is 0 Å². The molecule has 148 valence electrons. The molecule has 0 aliphatic carbocycles. The summed E-state index contributed by atoms with van der Waals surface area (Å²) in [5.41, 5.74) is 8.74. The Bertz CT molecular complexity index is 959. The lowest BCUT2D eigenvalue weighted by Gasteiger charge is -2.32. The van der Waals surface area contributed by atoms with Crippen LogP contribution in [-0.4, -0.2) is 43.9 Å². The minimum Gasteiger partial charge on any atom is -0.361 e. The number of carbonyl (C=O) groups excluding carboxylic acids is 1. The first-order valence-electron chi connectivity index (χ1n) is 9.96. The summed E-state index contributed by atoms with van der Waals surface area (Å²) in [5, 5.41) is 9.67. The van der Waals surface area contributed by atoms with Crippen LogP contribution in [0.3, 0.4) is 0 Å². The third-order valence-electron chi connectivity index (χ3n) is 5.64. The van der Waals surface area contributed by atoms with Crippen molar-refractivity contribution in [2.75, 3.05) is 13.1 Å². The highest BCUT2D eigenvalue weighted by atomic mass is 16.2. The Morgan fingerprint density at radius 1 is 1.29 bits per heavy atom. The van der Waals surface area contributed by atoms with Crippen LogP contribution < -0.4 is 5.73 Å². The summed E-state index contributed by atoms with van der Waals surface area (Å²) < 4.78 is 1.91. The molecule has 1 fully saturated rings. The fourth-order valence-corrected chi connectivity index (χ4v) is 3.87. The number of aromatic amines is 1. The van der Waals surface area contributed by atoms with E-state index in [2.05, 4.69) is 27.4 Å². The standard InChI is InChI=1S/C21H28N6O/c1-21(2,22)19-14-27(25-24-19)16-9-11-26(12-10-16)20(28)8-7-15-13-23-18-6-4-3-5-17(15)18/h3-6,13-14,16,23H,7-12,22H2,1-2H3. The highest BCUT2D eigenvalue weighted by Crippen LogP contribution is 2.25. The van der Waals surface area contributed by atoms with E-state index in [-0.39, 0.29) is 11.9 Å². The molecule has 3 heterocycles. The predicted octanol–water partition coefficient (Wildman–Crippen LogP) is 2.75. The molecule has 7 nitrogen and oxygen atoms in total. The molecular formula is C21H28N6O. The Kier molecular flexibility index (Phi) is 4.93. The maximum Gasteiger partial charge on any atom is 0.222 e. The summed E-state index contributed by atoms with van der Waals surface area (Å²) in [6.45, 7) is 5.38. The minimum absolute atomic E-state index is 0.228. The van der Waals surface area contributed by atoms with E-state index in [1.54, 1.807) is 0 Å². The lowest BCUT2D eigenvalue weighted by Crippen LogP contribution is -2.39. The van der Waals surface area contributed by atoms with Crippen molar-refractivity contribution >= 4 is 16.8 Å². The molecule has 3 N–H and O–H groups in total. The summed E-state index contributed by atoms with van der Waals surface area (Å²) >= 11 is 0. The van der Waals surface area contributed by atoms with E-state index in [1.807, 2.05) is 48.0 Å². The van der Waals surface area contributed by atoms with Crippen molar-refractivity contribution in [1.29, 1.82) is 0 Å². The number of rotatable bonds is 5. The van der Waals surface area contributed by atoms with Crippen LogP contribution in [0.15, 0.2) is 36.7 Å². The van der Waals surface area contributed by atoms with Gasteiger partial charge in [-0.1, -0.05) is 23.4 Å². The average Bonchev–Trinajstić information content (AvgIpc) is 3.34. The first kappa shape index (κ1) is 18.7. The van der Waals surface area contributed by atoms with E-state index < -0.39 is 5.54 Å². The average molecular weight is 380 g/mol. The lowest BCUT2D eigenvalue weighted by atomic mass is 10.0. The number of benzene rings is 1. The number of likely N-dealkylation sites (tertiary alicyclic amines) is 1. The number of amides is 1. The van der Waals surface area contributed by atoms with E-state index in [4.69, 9.17) is 5.73 Å². The Balaban J connectivity index is 1.31. The number of para-hydroxylation sites is 1. The summed E-state index contributed by atoms with van der Waals surface area (Å²) in [6, 6.07) is 8.50. The van der Waals surface area contributed by atoms with Crippen LogP contribution in [0.25, 0.3) is 10.9 Å². The molecule has 0 saturated carbocycles. The number of carbonyl (C=O) groups is 1. The number of aromatic nitrogens is 4. The third kappa shape index (κ3) is 3.80. The van der Waals surface area contributed by atoms with Gasteiger partial charge >= 0.3 is 0 Å². The number of nitrogens with zero attached hydrogens (tertiary/aromatic N) is 4. The molecule has 0 radical (unpaired) electrons. The van der Waals surface area contributed by atoms with Gasteiger partial charge in [0, 0.05) is 36.6 Å². The topological polar surface area (TPSA) is 92.8 Å². The highest BCUT2D eigenvalue weighted by Gasteiger charge is 2.26. The molecule has 0 bridgehead atoms. The number of nitrogens with one attached hydrogen (secondary N) is 1.